The van der Waals surface area contributed by atoms with E-state index in [0.717, 1.165) is 32.2 Å². The highest BCUT2D eigenvalue weighted by Gasteiger charge is 2.31. The molecule has 0 amide bonds. The van der Waals surface area contributed by atoms with Crippen molar-refractivity contribution in [2.45, 2.75) is 50.7 Å². The quantitative estimate of drug-likeness (QED) is 0.736. The highest BCUT2D eigenvalue weighted by atomic mass is 19.4. The largest absolute Gasteiger partial charge is 0.416 e. The first-order valence-electron chi connectivity index (χ1n) is 8.70. The summed E-state index contributed by atoms with van der Waals surface area (Å²) in [5.74, 6) is 0. The topological polar surface area (TPSA) is 6.48 Å². The van der Waals surface area contributed by atoms with Crippen LogP contribution in [0.5, 0.6) is 0 Å². The molecule has 1 aliphatic heterocycles. The van der Waals surface area contributed by atoms with Gasteiger partial charge in [-0.1, -0.05) is 31.7 Å². The fraction of sp³-hybridized carbons (Fsp3) is 0.667. The molecule has 1 aliphatic carbocycles. The zero-order valence-corrected chi connectivity index (χ0v) is 13.5. The van der Waals surface area contributed by atoms with Gasteiger partial charge in [-0.05, 0) is 31.0 Å². The molecule has 0 aromatic heterocycles. The van der Waals surface area contributed by atoms with Crippen LogP contribution in [0, 0.1) is 0 Å². The second-order valence-corrected chi connectivity index (χ2v) is 6.72. The van der Waals surface area contributed by atoms with Crippen LogP contribution in [0.2, 0.25) is 0 Å². The molecule has 1 saturated heterocycles. The van der Waals surface area contributed by atoms with Gasteiger partial charge in [0.1, 0.15) is 0 Å². The van der Waals surface area contributed by atoms with E-state index >= 15 is 0 Å². The van der Waals surface area contributed by atoms with Crippen molar-refractivity contribution < 1.29 is 13.2 Å². The van der Waals surface area contributed by atoms with Crippen LogP contribution in [0.3, 0.4) is 0 Å². The molecular weight excluding hydrogens is 301 g/mol. The molecule has 0 bridgehead atoms. The first kappa shape index (κ1) is 16.6. The van der Waals surface area contributed by atoms with Gasteiger partial charge in [-0.2, -0.15) is 13.2 Å². The van der Waals surface area contributed by atoms with Gasteiger partial charge in [-0.15, -0.1) is 0 Å². The van der Waals surface area contributed by atoms with Crippen LogP contribution < -0.4 is 4.90 Å². The lowest BCUT2D eigenvalue weighted by molar-refractivity contribution is -0.137. The fourth-order valence-corrected chi connectivity index (χ4v) is 3.85. The summed E-state index contributed by atoms with van der Waals surface area (Å²) in [5.41, 5.74) is 0.140. The Morgan fingerprint density at radius 2 is 1.52 bits per heavy atom. The average Bonchev–Trinajstić information content (AvgIpc) is 2.84. The predicted molar refractivity (Wildman–Crippen MR) is 86.7 cm³/mol. The Bertz CT molecular complexity index is 499. The summed E-state index contributed by atoms with van der Waals surface area (Å²) >= 11 is 0. The molecule has 0 unspecified atom stereocenters. The van der Waals surface area contributed by atoms with Gasteiger partial charge in [0.15, 0.2) is 0 Å². The maximum Gasteiger partial charge on any atom is 0.416 e. The van der Waals surface area contributed by atoms with Crippen molar-refractivity contribution in [2.75, 3.05) is 31.1 Å². The number of nitrogens with zero attached hydrogens (tertiary/aromatic N) is 2. The molecule has 1 aromatic rings. The number of hydrogen-bond donors (Lipinski definition) is 0. The van der Waals surface area contributed by atoms with Crippen LogP contribution in [0.25, 0.3) is 0 Å². The van der Waals surface area contributed by atoms with E-state index in [9.17, 15) is 13.2 Å². The monoisotopic (exact) mass is 326 g/mol. The molecule has 3 rings (SSSR count). The number of rotatable bonds is 2. The smallest absolute Gasteiger partial charge is 0.369 e. The van der Waals surface area contributed by atoms with Crippen molar-refractivity contribution >= 4 is 5.69 Å². The van der Waals surface area contributed by atoms with Crippen molar-refractivity contribution in [1.29, 1.82) is 0 Å². The maximum atomic E-state index is 12.9. The van der Waals surface area contributed by atoms with Crippen LogP contribution in [-0.4, -0.2) is 37.1 Å². The van der Waals surface area contributed by atoms with E-state index in [4.69, 9.17) is 0 Å². The normalized spacial score (nSPS) is 22.1. The van der Waals surface area contributed by atoms with Gasteiger partial charge in [0, 0.05) is 37.9 Å². The van der Waals surface area contributed by atoms with Crippen LogP contribution in [0.15, 0.2) is 24.3 Å². The third-order valence-corrected chi connectivity index (χ3v) is 5.19. The van der Waals surface area contributed by atoms with E-state index in [1.165, 1.54) is 50.7 Å². The minimum absolute atomic E-state index is 0.554. The minimum Gasteiger partial charge on any atom is -0.369 e. The molecule has 23 heavy (non-hydrogen) atoms. The number of hydrogen-bond acceptors (Lipinski definition) is 2. The summed E-state index contributed by atoms with van der Waals surface area (Å²) < 4.78 is 38.6. The van der Waals surface area contributed by atoms with E-state index in [1.54, 1.807) is 6.07 Å². The predicted octanol–water partition coefficient (Wildman–Crippen LogP) is 4.55. The molecule has 2 aliphatic rings. The Kier molecular flexibility index (Phi) is 5.14. The molecule has 0 atom stereocenters. The molecule has 2 nitrogen and oxygen atoms in total. The second-order valence-electron chi connectivity index (χ2n) is 6.72. The van der Waals surface area contributed by atoms with E-state index in [1.807, 2.05) is 0 Å². The van der Waals surface area contributed by atoms with Crippen LogP contribution in [0.4, 0.5) is 18.9 Å². The first-order chi connectivity index (χ1) is 11.0. The minimum atomic E-state index is -4.27. The van der Waals surface area contributed by atoms with E-state index in [-0.39, 0.29) is 0 Å². The lowest BCUT2D eigenvalue weighted by Gasteiger charge is -2.40. The van der Waals surface area contributed by atoms with Crippen LogP contribution in [0.1, 0.15) is 44.1 Å². The summed E-state index contributed by atoms with van der Waals surface area (Å²) in [7, 11) is 0. The standard InChI is InChI=1S/C18H25F3N2/c19-18(20,21)15-6-5-9-17(14-15)23-12-10-22(11-13-23)16-7-3-1-2-4-8-16/h5-6,9,14,16H,1-4,7-8,10-13H2. The Morgan fingerprint density at radius 1 is 0.870 bits per heavy atom. The summed E-state index contributed by atoms with van der Waals surface area (Å²) in [4.78, 5) is 4.64. The van der Waals surface area contributed by atoms with E-state index < -0.39 is 11.7 Å². The van der Waals surface area contributed by atoms with E-state index in [2.05, 4.69) is 9.80 Å². The molecule has 128 valence electrons. The summed E-state index contributed by atoms with van der Waals surface area (Å²) in [6, 6.07) is 6.40. The number of alkyl halides is 3. The van der Waals surface area contributed by atoms with Gasteiger partial charge in [0.05, 0.1) is 5.56 Å². The van der Waals surface area contributed by atoms with Crippen molar-refractivity contribution in [1.82, 2.24) is 4.90 Å². The Morgan fingerprint density at radius 3 is 2.13 bits per heavy atom. The van der Waals surface area contributed by atoms with Gasteiger partial charge in [0.2, 0.25) is 0 Å². The second kappa shape index (κ2) is 7.12. The van der Waals surface area contributed by atoms with Crippen molar-refractivity contribution in [3.05, 3.63) is 29.8 Å². The molecular formula is C18H25F3N2. The average molecular weight is 326 g/mol. The highest BCUT2D eigenvalue weighted by Crippen LogP contribution is 2.32. The van der Waals surface area contributed by atoms with Crippen LogP contribution >= 0.6 is 0 Å². The third kappa shape index (κ3) is 4.19. The summed E-state index contributed by atoms with van der Waals surface area (Å²) in [5, 5.41) is 0. The third-order valence-electron chi connectivity index (χ3n) is 5.19. The van der Waals surface area contributed by atoms with Crippen molar-refractivity contribution in [3.63, 3.8) is 0 Å². The molecule has 1 aromatic carbocycles. The molecule has 1 heterocycles. The summed E-state index contributed by atoms with van der Waals surface area (Å²) in [6.45, 7) is 3.55. The molecule has 0 spiro atoms. The van der Waals surface area contributed by atoms with Crippen LogP contribution in [-0.2, 0) is 6.18 Å². The molecule has 0 radical (unpaired) electrons. The number of piperazine rings is 1. The summed E-state index contributed by atoms with van der Waals surface area (Å²) in [6.07, 6.45) is 3.63. The fourth-order valence-electron chi connectivity index (χ4n) is 3.85. The Balaban J connectivity index is 1.60. The van der Waals surface area contributed by atoms with Crippen molar-refractivity contribution in [3.8, 4) is 0 Å². The Labute approximate surface area is 136 Å². The van der Waals surface area contributed by atoms with Crippen molar-refractivity contribution in [2.24, 2.45) is 0 Å². The van der Waals surface area contributed by atoms with E-state index in [0.29, 0.717) is 11.7 Å². The first-order valence-corrected chi connectivity index (χ1v) is 8.70. The molecule has 1 saturated carbocycles. The zero-order valence-electron chi connectivity index (χ0n) is 13.5. The zero-order chi connectivity index (χ0) is 16.3. The van der Waals surface area contributed by atoms with Gasteiger partial charge in [-0.3, -0.25) is 4.90 Å². The van der Waals surface area contributed by atoms with Gasteiger partial charge in [-0.25, -0.2) is 0 Å². The van der Waals surface area contributed by atoms with Gasteiger partial charge >= 0.3 is 6.18 Å². The number of anilines is 1. The highest BCUT2D eigenvalue weighted by molar-refractivity contribution is 5.49. The number of benzene rings is 1. The molecule has 0 N–H and O–H groups in total. The SMILES string of the molecule is FC(F)(F)c1cccc(N2CCN(C3CCCCCC3)CC2)c1. The lowest BCUT2D eigenvalue weighted by atomic mass is 10.1. The lowest BCUT2D eigenvalue weighted by Crippen LogP contribution is -2.50. The number of halogens is 3. The molecule has 2 fully saturated rings. The van der Waals surface area contributed by atoms with Gasteiger partial charge < -0.3 is 4.90 Å². The Hall–Kier alpha value is -1.23. The van der Waals surface area contributed by atoms with Gasteiger partial charge in [0.25, 0.3) is 0 Å². The molecule has 5 heteroatoms. The maximum absolute atomic E-state index is 12.9.